The Hall–Kier alpha value is -2.43. The number of aliphatic hydroxyl groups excluding tert-OH is 1. The first kappa shape index (κ1) is 15.0. The predicted molar refractivity (Wildman–Crippen MR) is 80.2 cm³/mol. The Balaban J connectivity index is 2.29. The number of nitro groups is 1. The molecule has 1 atom stereocenters. The lowest BCUT2D eigenvalue weighted by Crippen LogP contribution is -2.12. The van der Waals surface area contributed by atoms with Crippen LogP contribution in [0.3, 0.4) is 0 Å². The van der Waals surface area contributed by atoms with Crippen LogP contribution in [0.25, 0.3) is 0 Å². The predicted octanol–water partition coefficient (Wildman–Crippen LogP) is 3.06. The van der Waals surface area contributed by atoms with Crippen LogP contribution in [0.15, 0.2) is 35.7 Å². The van der Waals surface area contributed by atoms with Crippen LogP contribution in [0.4, 0.5) is 11.4 Å². The Bertz CT molecular complexity index is 665. The van der Waals surface area contributed by atoms with Gasteiger partial charge in [0, 0.05) is 23.6 Å². The second-order valence-electron chi connectivity index (χ2n) is 4.32. The van der Waals surface area contributed by atoms with Gasteiger partial charge in [0.25, 0.3) is 5.69 Å². The maximum atomic E-state index is 10.7. The van der Waals surface area contributed by atoms with E-state index in [-0.39, 0.29) is 23.9 Å². The van der Waals surface area contributed by atoms with Crippen LogP contribution in [0.5, 0.6) is 0 Å². The summed E-state index contributed by atoms with van der Waals surface area (Å²) in [5.41, 5.74) is 0.616. The number of nitrogens with zero attached hydrogens (tertiary/aromatic N) is 2. The molecule has 1 aromatic heterocycles. The molecule has 0 fully saturated rings. The molecule has 0 saturated heterocycles. The molecule has 0 spiro atoms. The van der Waals surface area contributed by atoms with E-state index in [4.69, 9.17) is 10.4 Å². The molecule has 0 radical (unpaired) electrons. The highest BCUT2D eigenvalue weighted by Crippen LogP contribution is 2.29. The Kier molecular flexibility index (Phi) is 4.87. The summed E-state index contributed by atoms with van der Waals surface area (Å²) in [6.45, 7) is 0.00440. The topological polar surface area (TPSA) is 99.2 Å². The lowest BCUT2D eigenvalue weighted by molar-refractivity contribution is -0.384. The van der Waals surface area contributed by atoms with Gasteiger partial charge in [-0.2, -0.15) is 5.26 Å². The molecule has 108 valence electrons. The third-order valence-corrected chi connectivity index (χ3v) is 3.95. The minimum Gasteiger partial charge on any atom is -0.396 e. The van der Waals surface area contributed by atoms with Crippen molar-refractivity contribution in [3.05, 3.63) is 56.3 Å². The molecule has 0 amide bonds. The quantitative estimate of drug-likeness (QED) is 0.631. The number of rotatable bonds is 6. The summed E-state index contributed by atoms with van der Waals surface area (Å²) in [5, 5.41) is 34.1. The van der Waals surface area contributed by atoms with Gasteiger partial charge >= 0.3 is 0 Å². The number of hydrogen-bond donors (Lipinski definition) is 2. The van der Waals surface area contributed by atoms with E-state index in [0.29, 0.717) is 12.1 Å². The molecule has 2 aromatic rings. The van der Waals surface area contributed by atoms with Crippen LogP contribution < -0.4 is 5.32 Å². The van der Waals surface area contributed by atoms with Gasteiger partial charge in [-0.3, -0.25) is 10.1 Å². The molecule has 0 aliphatic heterocycles. The van der Waals surface area contributed by atoms with Gasteiger partial charge in [0.2, 0.25) is 0 Å². The number of hydrogen-bond acceptors (Lipinski definition) is 6. The molecule has 1 heterocycles. The molecule has 2 N–H and O–H groups in total. The van der Waals surface area contributed by atoms with Gasteiger partial charge in [-0.25, -0.2) is 0 Å². The minimum atomic E-state index is -0.533. The number of thiophene rings is 1. The molecule has 0 bridgehead atoms. The highest BCUT2D eigenvalue weighted by Gasteiger charge is 2.16. The van der Waals surface area contributed by atoms with Crippen LogP contribution in [0, 0.1) is 21.4 Å². The lowest BCUT2D eigenvalue weighted by Gasteiger charge is -2.18. The average molecular weight is 303 g/mol. The molecule has 0 saturated carbocycles. The van der Waals surface area contributed by atoms with Gasteiger partial charge < -0.3 is 10.4 Å². The standard InChI is InChI=1S/C14H13N3O3S/c15-9-10-8-11(17(19)20)3-4-12(10)16-13(5-6-18)14-2-1-7-21-14/h1-4,7-8,13,16,18H,5-6H2. The van der Waals surface area contributed by atoms with E-state index in [0.717, 1.165) is 4.88 Å². The highest BCUT2D eigenvalue weighted by atomic mass is 32.1. The van der Waals surface area contributed by atoms with Gasteiger partial charge in [0.15, 0.2) is 0 Å². The highest BCUT2D eigenvalue weighted by molar-refractivity contribution is 7.10. The molecule has 0 aliphatic rings. The van der Waals surface area contributed by atoms with Crippen molar-refractivity contribution in [1.29, 1.82) is 5.26 Å². The normalized spacial score (nSPS) is 11.6. The molecule has 7 heteroatoms. The molecule has 1 unspecified atom stereocenters. The summed E-state index contributed by atoms with van der Waals surface area (Å²) < 4.78 is 0. The van der Waals surface area contributed by atoms with Crippen molar-refractivity contribution in [2.75, 3.05) is 11.9 Å². The summed E-state index contributed by atoms with van der Waals surface area (Å²) >= 11 is 1.55. The monoisotopic (exact) mass is 303 g/mol. The average Bonchev–Trinajstić information content (AvgIpc) is 3.01. The second kappa shape index (κ2) is 6.83. The Morgan fingerprint density at radius 2 is 2.29 bits per heavy atom. The van der Waals surface area contributed by atoms with E-state index < -0.39 is 4.92 Å². The smallest absolute Gasteiger partial charge is 0.270 e. The van der Waals surface area contributed by atoms with Gasteiger partial charge in [-0.15, -0.1) is 11.3 Å². The Labute approximate surface area is 125 Å². The van der Waals surface area contributed by atoms with Crippen LogP contribution in [-0.2, 0) is 0 Å². The van der Waals surface area contributed by atoms with Crippen LogP contribution in [0.2, 0.25) is 0 Å². The number of nitrogens with one attached hydrogen (secondary N) is 1. The van der Waals surface area contributed by atoms with E-state index in [2.05, 4.69) is 5.32 Å². The van der Waals surface area contributed by atoms with E-state index >= 15 is 0 Å². The molecule has 2 rings (SSSR count). The maximum absolute atomic E-state index is 10.7. The zero-order chi connectivity index (χ0) is 15.2. The lowest BCUT2D eigenvalue weighted by atomic mass is 10.1. The number of nitro benzene ring substituents is 1. The van der Waals surface area contributed by atoms with Crippen molar-refractivity contribution in [2.24, 2.45) is 0 Å². The fraction of sp³-hybridized carbons (Fsp3) is 0.214. The number of nitriles is 1. The van der Waals surface area contributed by atoms with E-state index in [9.17, 15) is 10.1 Å². The maximum Gasteiger partial charge on any atom is 0.270 e. The number of non-ortho nitro benzene ring substituents is 1. The van der Waals surface area contributed by atoms with Gasteiger partial charge in [-0.1, -0.05) is 6.07 Å². The summed E-state index contributed by atoms with van der Waals surface area (Å²) in [6, 6.07) is 9.79. The summed E-state index contributed by atoms with van der Waals surface area (Å²) in [6.07, 6.45) is 0.488. The van der Waals surface area contributed by atoms with Crippen molar-refractivity contribution >= 4 is 22.7 Å². The van der Waals surface area contributed by atoms with Gasteiger partial charge in [0.05, 0.1) is 22.2 Å². The van der Waals surface area contributed by atoms with Crippen LogP contribution in [0.1, 0.15) is 22.9 Å². The molecular weight excluding hydrogens is 290 g/mol. The molecule has 0 aliphatic carbocycles. The van der Waals surface area contributed by atoms with Crippen LogP contribution >= 0.6 is 11.3 Å². The first-order chi connectivity index (χ1) is 10.2. The fourth-order valence-corrected chi connectivity index (χ4v) is 2.77. The number of benzene rings is 1. The van der Waals surface area contributed by atoms with Crippen molar-refractivity contribution in [2.45, 2.75) is 12.5 Å². The van der Waals surface area contributed by atoms with Gasteiger partial charge in [-0.05, 0) is 23.9 Å². The first-order valence-corrected chi connectivity index (χ1v) is 7.13. The van der Waals surface area contributed by atoms with Crippen molar-refractivity contribution < 1.29 is 10.0 Å². The zero-order valence-corrected chi connectivity index (χ0v) is 11.8. The summed E-state index contributed by atoms with van der Waals surface area (Å²) in [5.74, 6) is 0. The second-order valence-corrected chi connectivity index (χ2v) is 5.30. The van der Waals surface area contributed by atoms with E-state index in [1.165, 1.54) is 18.2 Å². The van der Waals surface area contributed by atoms with Crippen LogP contribution in [-0.4, -0.2) is 16.6 Å². The Morgan fingerprint density at radius 1 is 1.48 bits per heavy atom. The third kappa shape index (κ3) is 3.56. The Morgan fingerprint density at radius 3 is 2.86 bits per heavy atom. The first-order valence-electron chi connectivity index (χ1n) is 6.25. The minimum absolute atomic E-state index is 0.00440. The number of anilines is 1. The number of aliphatic hydroxyl groups is 1. The molecule has 1 aromatic carbocycles. The van der Waals surface area contributed by atoms with E-state index in [1.54, 1.807) is 11.3 Å². The van der Waals surface area contributed by atoms with Gasteiger partial charge in [0.1, 0.15) is 6.07 Å². The van der Waals surface area contributed by atoms with Crippen molar-refractivity contribution in [3.8, 4) is 6.07 Å². The summed E-state index contributed by atoms with van der Waals surface area (Å²) in [7, 11) is 0. The molecule has 6 nitrogen and oxygen atoms in total. The fourth-order valence-electron chi connectivity index (χ4n) is 1.96. The molecule has 21 heavy (non-hydrogen) atoms. The molecular formula is C14H13N3O3S. The zero-order valence-electron chi connectivity index (χ0n) is 11.0. The van der Waals surface area contributed by atoms with E-state index in [1.807, 2.05) is 23.6 Å². The summed E-state index contributed by atoms with van der Waals surface area (Å²) in [4.78, 5) is 11.2. The van der Waals surface area contributed by atoms with Crippen molar-refractivity contribution in [1.82, 2.24) is 0 Å². The largest absolute Gasteiger partial charge is 0.396 e. The van der Waals surface area contributed by atoms with Crippen molar-refractivity contribution in [3.63, 3.8) is 0 Å². The SMILES string of the molecule is N#Cc1cc([N+](=O)[O-])ccc1NC(CCO)c1cccs1. The third-order valence-electron chi connectivity index (χ3n) is 2.97.